The summed E-state index contributed by atoms with van der Waals surface area (Å²) >= 11 is 1.52. The number of rotatable bonds is 2. The lowest BCUT2D eigenvalue weighted by Crippen LogP contribution is -2.32. The Labute approximate surface area is 176 Å². The number of carboxylic acids is 1. The fraction of sp³-hybridized carbons (Fsp3) is 0.261. The molecule has 0 aliphatic carbocycles. The van der Waals surface area contributed by atoms with E-state index in [0.29, 0.717) is 12.1 Å². The Morgan fingerprint density at radius 2 is 2.10 bits per heavy atom. The minimum atomic E-state index is -1.21. The molecule has 0 saturated heterocycles. The van der Waals surface area contributed by atoms with Crippen LogP contribution in [0.15, 0.2) is 50.8 Å². The molecule has 0 amide bonds. The van der Waals surface area contributed by atoms with Crippen molar-refractivity contribution in [1.82, 2.24) is 9.55 Å². The average Bonchev–Trinajstić information content (AvgIpc) is 3.37. The van der Waals surface area contributed by atoms with Crippen LogP contribution in [0.5, 0.6) is 0 Å². The number of hydrogen-bond acceptors (Lipinski definition) is 5. The fourth-order valence-corrected chi connectivity index (χ4v) is 4.93. The van der Waals surface area contributed by atoms with Crippen LogP contribution in [0.4, 0.5) is 0 Å². The van der Waals surface area contributed by atoms with E-state index < -0.39 is 11.4 Å². The normalized spacial score (nSPS) is 15.8. The molecule has 1 aromatic carbocycles. The molecule has 1 aliphatic heterocycles. The van der Waals surface area contributed by atoms with Gasteiger partial charge in [-0.1, -0.05) is 20.8 Å². The van der Waals surface area contributed by atoms with E-state index in [1.54, 1.807) is 11.8 Å². The first-order valence-corrected chi connectivity index (χ1v) is 10.6. The maximum Gasteiger partial charge on any atom is 0.341 e. The van der Waals surface area contributed by atoms with Gasteiger partial charge >= 0.3 is 5.97 Å². The lowest BCUT2D eigenvalue weighted by molar-refractivity contribution is 0.0693. The molecule has 4 aromatic rings. The van der Waals surface area contributed by atoms with Crippen LogP contribution in [0.25, 0.3) is 33.5 Å². The van der Waals surface area contributed by atoms with Gasteiger partial charge in [-0.15, -0.1) is 11.3 Å². The first-order chi connectivity index (χ1) is 14.3. The summed E-state index contributed by atoms with van der Waals surface area (Å²) in [5.74, 6) is -1.21. The van der Waals surface area contributed by atoms with E-state index in [-0.39, 0.29) is 17.0 Å². The molecule has 0 spiro atoms. The van der Waals surface area contributed by atoms with Crippen LogP contribution in [-0.2, 0) is 6.42 Å². The first-order valence-electron chi connectivity index (χ1n) is 9.67. The van der Waals surface area contributed by atoms with Crippen molar-refractivity contribution in [1.29, 1.82) is 0 Å². The zero-order valence-corrected chi connectivity index (χ0v) is 17.6. The molecular formula is C23H20N2O4S. The third kappa shape index (κ3) is 2.73. The van der Waals surface area contributed by atoms with E-state index in [9.17, 15) is 14.7 Å². The molecule has 0 saturated carbocycles. The number of pyridine rings is 1. The van der Waals surface area contributed by atoms with Crippen molar-refractivity contribution >= 4 is 28.3 Å². The standard InChI is InChI=1S/C23H20N2O4S/c1-23(2,3)20-7-15-14(18-8-19(26)16(22(27)28)9-25(18)20)6-13(17-10-30-11-24-17)12-4-5-29-21(12)15/h4-6,8-11,20H,7H2,1-3H3,(H,27,28)/t20-/m0/s1. The van der Waals surface area contributed by atoms with Crippen molar-refractivity contribution in [3.63, 3.8) is 0 Å². The Morgan fingerprint density at radius 1 is 1.30 bits per heavy atom. The summed E-state index contributed by atoms with van der Waals surface area (Å²) in [6.45, 7) is 6.36. The molecule has 30 heavy (non-hydrogen) atoms. The van der Waals surface area contributed by atoms with Gasteiger partial charge in [0.25, 0.3) is 0 Å². The van der Waals surface area contributed by atoms with E-state index in [4.69, 9.17) is 4.42 Å². The zero-order chi connectivity index (χ0) is 21.2. The van der Waals surface area contributed by atoms with Crippen molar-refractivity contribution in [2.24, 2.45) is 5.41 Å². The van der Waals surface area contributed by atoms with Crippen LogP contribution in [0.3, 0.4) is 0 Å². The smallest absolute Gasteiger partial charge is 0.341 e. The number of hydrogen-bond donors (Lipinski definition) is 1. The lowest BCUT2D eigenvalue weighted by atomic mass is 9.78. The predicted molar refractivity (Wildman–Crippen MR) is 116 cm³/mol. The summed E-state index contributed by atoms with van der Waals surface area (Å²) in [4.78, 5) is 28.7. The predicted octanol–water partition coefficient (Wildman–Crippen LogP) is 5.23. The molecule has 1 N–H and O–H groups in total. The summed E-state index contributed by atoms with van der Waals surface area (Å²) < 4.78 is 7.87. The van der Waals surface area contributed by atoms with Crippen molar-refractivity contribution in [2.45, 2.75) is 33.2 Å². The van der Waals surface area contributed by atoms with E-state index in [1.807, 2.05) is 22.1 Å². The molecule has 7 heteroatoms. The minimum Gasteiger partial charge on any atom is -0.477 e. The lowest BCUT2D eigenvalue weighted by Gasteiger charge is -2.39. The van der Waals surface area contributed by atoms with Gasteiger partial charge in [0.05, 0.1) is 23.2 Å². The van der Waals surface area contributed by atoms with Crippen molar-refractivity contribution in [3.8, 4) is 22.5 Å². The second-order valence-corrected chi connectivity index (χ2v) is 9.44. The van der Waals surface area contributed by atoms with Crippen LogP contribution in [0, 0.1) is 5.41 Å². The molecule has 0 bridgehead atoms. The molecule has 3 aromatic heterocycles. The van der Waals surface area contributed by atoms with Crippen LogP contribution in [0.2, 0.25) is 0 Å². The van der Waals surface area contributed by atoms with Gasteiger partial charge in [-0.25, -0.2) is 9.78 Å². The van der Waals surface area contributed by atoms with Gasteiger partial charge in [0.1, 0.15) is 11.1 Å². The number of nitrogens with zero attached hydrogens (tertiary/aromatic N) is 2. The Hall–Kier alpha value is -3.19. The maximum absolute atomic E-state index is 12.6. The number of thiazole rings is 1. The molecule has 152 valence electrons. The molecule has 4 heterocycles. The number of carbonyl (C=O) groups is 1. The van der Waals surface area contributed by atoms with Gasteiger partial charge < -0.3 is 14.1 Å². The van der Waals surface area contributed by atoms with Crippen molar-refractivity contribution in [2.75, 3.05) is 0 Å². The highest BCUT2D eigenvalue weighted by atomic mass is 32.1. The summed E-state index contributed by atoms with van der Waals surface area (Å²) in [5, 5.41) is 12.5. The van der Waals surface area contributed by atoms with Crippen molar-refractivity contribution in [3.05, 3.63) is 62.9 Å². The summed E-state index contributed by atoms with van der Waals surface area (Å²) in [7, 11) is 0. The molecule has 0 radical (unpaired) electrons. The second kappa shape index (κ2) is 6.40. The molecule has 6 nitrogen and oxygen atoms in total. The topological polar surface area (TPSA) is 85.3 Å². The third-order valence-corrected chi connectivity index (χ3v) is 6.46. The number of furan rings is 1. The monoisotopic (exact) mass is 420 g/mol. The molecular weight excluding hydrogens is 400 g/mol. The molecule has 0 unspecified atom stereocenters. The molecule has 0 fully saturated rings. The fourth-order valence-electron chi connectivity index (χ4n) is 4.37. The zero-order valence-electron chi connectivity index (χ0n) is 16.8. The Balaban J connectivity index is 1.88. The summed E-state index contributed by atoms with van der Waals surface area (Å²) in [6.07, 6.45) is 3.85. The maximum atomic E-state index is 12.6. The number of fused-ring (bicyclic) bond motifs is 5. The van der Waals surface area contributed by atoms with Gasteiger partial charge in [-0.2, -0.15) is 0 Å². The molecule has 5 rings (SSSR count). The number of aromatic nitrogens is 2. The van der Waals surface area contributed by atoms with Crippen LogP contribution in [0.1, 0.15) is 42.7 Å². The van der Waals surface area contributed by atoms with E-state index in [2.05, 4.69) is 25.8 Å². The highest BCUT2D eigenvalue weighted by molar-refractivity contribution is 7.07. The number of benzene rings is 1. The SMILES string of the molecule is CC(C)(C)[C@@H]1Cc2c(cc(-c3cscn3)c3ccoc23)-c2cc(=O)c(C(=O)O)cn21. The van der Waals surface area contributed by atoms with Gasteiger partial charge in [0.15, 0.2) is 5.43 Å². The molecule has 1 atom stereocenters. The second-order valence-electron chi connectivity index (χ2n) is 8.72. The van der Waals surface area contributed by atoms with Crippen LogP contribution < -0.4 is 5.43 Å². The molecule has 1 aliphatic rings. The van der Waals surface area contributed by atoms with E-state index in [0.717, 1.165) is 33.4 Å². The largest absolute Gasteiger partial charge is 0.477 e. The average molecular weight is 420 g/mol. The quantitative estimate of drug-likeness (QED) is 0.480. The Morgan fingerprint density at radius 3 is 2.77 bits per heavy atom. The van der Waals surface area contributed by atoms with E-state index >= 15 is 0 Å². The number of aromatic carboxylic acids is 1. The summed E-state index contributed by atoms with van der Waals surface area (Å²) in [6, 6.07) is 5.41. The summed E-state index contributed by atoms with van der Waals surface area (Å²) in [5.41, 5.74) is 6.13. The van der Waals surface area contributed by atoms with Crippen LogP contribution >= 0.6 is 11.3 Å². The van der Waals surface area contributed by atoms with E-state index in [1.165, 1.54) is 23.6 Å². The van der Waals surface area contributed by atoms with Gasteiger partial charge in [0.2, 0.25) is 0 Å². The highest BCUT2D eigenvalue weighted by Gasteiger charge is 2.35. The number of carboxylic acid groups (broad SMARTS) is 1. The van der Waals surface area contributed by atoms with Crippen LogP contribution in [-0.4, -0.2) is 20.6 Å². The Kier molecular flexibility index (Phi) is 4.02. The minimum absolute atomic E-state index is 0.0304. The van der Waals surface area contributed by atoms with Gasteiger partial charge in [-0.05, 0) is 24.0 Å². The third-order valence-electron chi connectivity index (χ3n) is 5.87. The van der Waals surface area contributed by atoms with Crippen molar-refractivity contribution < 1.29 is 14.3 Å². The Bertz CT molecular complexity index is 1360. The van der Waals surface area contributed by atoms with Gasteiger partial charge in [0, 0.05) is 45.8 Å². The highest BCUT2D eigenvalue weighted by Crippen LogP contribution is 2.47. The first kappa shape index (κ1) is 18.8. The van der Waals surface area contributed by atoms with Gasteiger partial charge in [-0.3, -0.25) is 4.79 Å².